The van der Waals surface area contributed by atoms with Crippen molar-refractivity contribution in [3.63, 3.8) is 0 Å². The molecule has 7 heteroatoms. The number of sulfonamides is 1. The van der Waals surface area contributed by atoms with Crippen molar-refractivity contribution >= 4 is 15.7 Å². The summed E-state index contributed by atoms with van der Waals surface area (Å²) in [5, 5.41) is 9.06. The predicted molar refractivity (Wildman–Crippen MR) is 74.3 cm³/mol. The first kappa shape index (κ1) is 14.8. The summed E-state index contributed by atoms with van der Waals surface area (Å²) in [6.07, 6.45) is 1.20. The highest BCUT2D eigenvalue weighted by atomic mass is 32.2. The lowest BCUT2D eigenvalue weighted by atomic mass is 9.94. The summed E-state index contributed by atoms with van der Waals surface area (Å²) in [6, 6.07) is 6.06. The standard InChI is InChI=1S/C13H17N3O3S/c1-13(4-6-19-7-5-13)16-20(17,18)12-3-2-11(15)8-10(12)9-14/h2-3,8,16H,4-7,15H2,1H3. The Morgan fingerprint density at radius 3 is 2.65 bits per heavy atom. The molecule has 0 unspecified atom stereocenters. The lowest BCUT2D eigenvalue weighted by Gasteiger charge is -2.34. The molecule has 6 nitrogen and oxygen atoms in total. The quantitative estimate of drug-likeness (QED) is 0.809. The van der Waals surface area contributed by atoms with E-state index in [4.69, 9.17) is 15.7 Å². The fourth-order valence-corrected chi connectivity index (χ4v) is 3.78. The smallest absolute Gasteiger partial charge is 0.242 e. The van der Waals surface area contributed by atoms with E-state index in [1.165, 1.54) is 18.2 Å². The minimum absolute atomic E-state index is 0.0399. The molecule has 0 radical (unpaired) electrons. The molecule has 1 aromatic rings. The van der Waals surface area contributed by atoms with E-state index in [0.29, 0.717) is 31.7 Å². The lowest BCUT2D eigenvalue weighted by molar-refractivity contribution is 0.0537. The molecule has 1 aromatic carbocycles. The highest BCUT2D eigenvalue weighted by molar-refractivity contribution is 7.89. The average Bonchev–Trinajstić information content (AvgIpc) is 2.37. The van der Waals surface area contributed by atoms with Crippen LogP contribution >= 0.6 is 0 Å². The Balaban J connectivity index is 2.34. The van der Waals surface area contributed by atoms with Crippen molar-refractivity contribution in [3.05, 3.63) is 23.8 Å². The number of hydrogen-bond acceptors (Lipinski definition) is 5. The molecule has 0 saturated carbocycles. The van der Waals surface area contributed by atoms with Gasteiger partial charge < -0.3 is 10.5 Å². The van der Waals surface area contributed by atoms with Crippen LogP contribution < -0.4 is 10.5 Å². The molecule has 3 N–H and O–H groups in total. The van der Waals surface area contributed by atoms with Gasteiger partial charge in [-0.2, -0.15) is 5.26 Å². The molecular weight excluding hydrogens is 278 g/mol. The van der Waals surface area contributed by atoms with E-state index < -0.39 is 15.6 Å². The van der Waals surface area contributed by atoms with Crippen LogP contribution in [0.25, 0.3) is 0 Å². The van der Waals surface area contributed by atoms with Crippen molar-refractivity contribution < 1.29 is 13.2 Å². The molecule has 1 saturated heterocycles. The van der Waals surface area contributed by atoms with Gasteiger partial charge in [-0.3, -0.25) is 0 Å². The summed E-state index contributed by atoms with van der Waals surface area (Å²) < 4.78 is 32.8. The number of rotatable bonds is 3. The first-order valence-electron chi connectivity index (χ1n) is 6.28. The summed E-state index contributed by atoms with van der Waals surface area (Å²) in [6.45, 7) is 2.88. The third-order valence-corrected chi connectivity index (χ3v) is 5.09. The summed E-state index contributed by atoms with van der Waals surface area (Å²) in [7, 11) is -3.76. The molecule has 1 aliphatic heterocycles. The van der Waals surface area contributed by atoms with Crippen molar-refractivity contribution in [1.29, 1.82) is 5.26 Å². The van der Waals surface area contributed by atoms with Crippen molar-refractivity contribution in [2.45, 2.75) is 30.2 Å². The van der Waals surface area contributed by atoms with E-state index in [0.717, 1.165) is 0 Å². The fourth-order valence-electron chi connectivity index (χ4n) is 2.17. The largest absolute Gasteiger partial charge is 0.399 e. The van der Waals surface area contributed by atoms with Gasteiger partial charge in [-0.25, -0.2) is 13.1 Å². The fraction of sp³-hybridized carbons (Fsp3) is 0.462. The van der Waals surface area contributed by atoms with Crippen LogP contribution in [-0.2, 0) is 14.8 Å². The van der Waals surface area contributed by atoms with Gasteiger partial charge in [-0.15, -0.1) is 0 Å². The number of nitrogens with zero attached hydrogens (tertiary/aromatic N) is 1. The molecule has 20 heavy (non-hydrogen) atoms. The number of hydrogen-bond donors (Lipinski definition) is 2. The highest BCUT2D eigenvalue weighted by Crippen LogP contribution is 2.25. The van der Waals surface area contributed by atoms with Crippen LogP contribution in [0.1, 0.15) is 25.3 Å². The van der Waals surface area contributed by atoms with Gasteiger partial charge in [0, 0.05) is 24.4 Å². The van der Waals surface area contributed by atoms with Crippen molar-refractivity contribution in [1.82, 2.24) is 4.72 Å². The Bertz CT molecular complexity index is 643. The zero-order valence-electron chi connectivity index (χ0n) is 11.2. The first-order chi connectivity index (χ1) is 9.36. The number of nitriles is 1. The molecule has 2 rings (SSSR count). The first-order valence-corrected chi connectivity index (χ1v) is 7.76. The molecule has 0 atom stereocenters. The minimum atomic E-state index is -3.76. The summed E-state index contributed by atoms with van der Waals surface area (Å²) >= 11 is 0. The second-order valence-electron chi connectivity index (χ2n) is 5.15. The van der Waals surface area contributed by atoms with Gasteiger partial charge in [0.1, 0.15) is 6.07 Å². The van der Waals surface area contributed by atoms with Crippen molar-refractivity contribution in [2.24, 2.45) is 0 Å². The van der Waals surface area contributed by atoms with Crippen molar-refractivity contribution in [2.75, 3.05) is 18.9 Å². The Labute approximate surface area is 118 Å². The van der Waals surface area contributed by atoms with Gasteiger partial charge in [-0.1, -0.05) is 0 Å². The third kappa shape index (κ3) is 3.10. The maximum atomic E-state index is 12.5. The van der Waals surface area contributed by atoms with E-state index >= 15 is 0 Å². The van der Waals surface area contributed by atoms with Gasteiger partial charge >= 0.3 is 0 Å². The molecular formula is C13H17N3O3S. The zero-order chi connectivity index (χ0) is 14.8. The van der Waals surface area contributed by atoms with E-state index in [1.54, 1.807) is 0 Å². The van der Waals surface area contributed by atoms with Gasteiger partial charge in [-0.05, 0) is 38.0 Å². The molecule has 0 spiro atoms. The lowest BCUT2D eigenvalue weighted by Crippen LogP contribution is -2.49. The minimum Gasteiger partial charge on any atom is -0.399 e. The summed E-state index contributed by atoms with van der Waals surface area (Å²) in [5.74, 6) is 0. The number of ether oxygens (including phenoxy) is 1. The van der Waals surface area contributed by atoms with Crippen LogP contribution in [0.5, 0.6) is 0 Å². The van der Waals surface area contributed by atoms with Gasteiger partial charge in [0.15, 0.2) is 0 Å². The van der Waals surface area contributed by atoms with Gasteiger partial charge in [0.2, 0.25) is 10.0 Å². The Kier molecular flexibility index (Phi) is 3.99. The number of nitrogens with two attached hydrogens (primary N) is 1. The van der Waals surface area contributed by atoms with Crippen molar-refractivity contribution in [3.8, 4) is 6.07 Å². The third-order valence-electron chi connectivity index (χ3n) is 3.39. The zero-order valence-corrected chi connectivity index (χ0v) is 12.0. The van der Waals surface area contributed by atoms with Crippen LogP contribution in [0.15, 0.2) is 23.1 Å². The van der Waals surface area contributed by atoms with Gasteiger partial charge in [0.25, 0.3) is 0 Å². The number of nitrogen functional groups attached to an aromatic ring is 1. The molecule has 0 amide bonds. The van der Waals surface area contributed by atoms with E-state index in [2.05, 4.69) is 4.72 Å². The van der Waals surface area contributed by atoms with Crippen LogP contribution in [0, 0.1) is 11.3 Å². The molecule has 108 valence electrons. The number of benzene rings is 1. The Morgan fingerprint density at radius 2 is 2.05 bits per heavy atom. The molecule has 1 heterocycles. The topological polar surface area (TPSA) is 105 Å². The van der Waals surface area contributed by atoms with Crippen LogP contribution in [0.3, 0.4) is 0 Å². The number of anilines is 1. The Hall–Kier alpha value is -1.62. The van der Waals surface area contributed by atoms with Crippen LogP contribution in [0.2, 0.25) is 0 Å². The second-order valence-corrected chi connectivity index (χ2v) is 6.80. The van der Waals surface area contributed by atoms with Gasteiger partial charge in [0.05, 0.1) is 10.5 Å². The summed E-state index contributed by atoms with van der Waals surface area (Å²) in [4.78, 5) is -0.0399. The molecule has 1 fully saturated rings. The number of nitrogens with one attached hydrogen (secondary N) is 1. The maximum absolute atomic E-state index is 12.5. The normalized spacial score (nSPS) is 18.4. The predicted octanol–water partition coefficient (Wildman–Crippen LogP) is 0.988. The summed E-state index contributed by atoms with van der Waals surface area (Å²) in [5.41, 5.74) is 5.43. The second kappa shape index (κ2) is 5.40. The van der Waals surface area contributed by atoms with Crippen LogP contribution in [-0.4, -0.2) is 27.2 Å². The monoisotopic (exact) mass is 295 g/mol. The van der Waals surface area contributed by atoms with Crippen LogP contribution in [0.4, 0.5) is 5.69 Å². The highest BCUT2D eigenvalue weighted by Gasteiger charge is 2.33. The molecule has 0 aliphatic carbocycles. The SMILES string of the molecule is CC1(NS(=O)(=O)c2ccc(N)cc2C#N)CCOCC1. The molecule has 0 bridgehead atoms. The Morgan fingerprint density at radius 1 is 1.40 bits per heavy atom. The van der Waals surface area contributed by atoms with E-state index in [1.807, 2.05) is 13.0 Å². The maximum Gasteiger partial charge on any atom is 0.242 e. The molecule has 1 aliphatic rings. The van der Waals surface area contributed by atoms with E-state index in [-0.39, 0.29) is 10.5 Å². The average molecular weight is 295 g/mol. The molecule has 0 aromatic heterocycles. The van der Waals surface area contributed by atoms with E-state index in [9.17, 15) is 8.42 Å².